The first kappa shape index (κ1) is 15.6. The second-order valence-electron chi connectivity index (χ2n) is 4.46. The van der Waals surface area contributed by atoms with Gasteiger partial charge in [-0.1, -0.05) is 17.7 Å². The summed E-state index contributed by atoms with van der Waals surface area (Å²) in [4.78, 5) is 0. The van der Waals surface area contributed by atoms with Crippen LogP contribution in [0.1, 0.15) is 17.2 Å². The molecular formula is C16H17ClFNO2. The Hall–Kier alpha value is -1.78. The smallest absolute Gasteiger partial charge is 0.127 e. The molecule has 0 bridgehead atoms. The number of methoxy groups -OCH3 is 2. The Kier molecular flexibility index (Phi) is 5.04. The van der Waals surface area contributed by atoms with Crippen molar-refractivity contribution >= 4 is 11.6 Å². The predicted molar refractivity (Wildman–Crippen MR) is 81.9 cm³/mol. The molecule has 1 N–H and O–H groups in total. The summed E-state index contributed by atoms with van der Waals surface area (Å²) in [6.45, 7) is 0. The molecule has 5 heteroatoms. The lowest BCUT2D eigenvalue weighted by molar-refractivity contribution is 0.378. The predicted octanol–water partition coefficient (Wildman–Crippen LogP) is 3.81. The van der Waals surface area contributed by atoms with Crippen molar-refractivity contribution in [3.05, 3.63) is 58.4 Å². The van der Waals surface area contributed by atoms with E-state index in [9.17, 15) is 4.39 Å². The molecule has 0 fully saturated rings. The van der Waals surface area contributed by atoms with Gasteiger partial charge in [-0.15, -0.1) is 0 Å². The second-order valence-corrected chi connectivity index (χ2v) is 4.87. The lowest BCUT2D eigenvalue weighted by atomic mass is 9.96. The van der Waals surface area contributed by atoms with Crippen molar-refractivity contribution in [1.82, 2.24) is 5.32 Å². The summed E-state index contributed by atoms with van der Waals surface area (Å²) in [5.41, 5.74) is 1.40. The first-order valence-electron chi connectivity index (χ1n) is 6.45. The standard InChI is InChI=1S/C16H17ClFNO2/c1-19-16(11-9-10(18)7-8-12(11)17)15-13(20-2)5-4-6-14(15)21-3/h4-9,16,19H,1-3H3. The van der Waals surface area contributed by atoms with Crippen molar-refractivity contribution in [2.24, 2.45) is 0 Å². The van der Waals surface area contributed by atoms with Crippen LogP contribution in [0.5, 0.6) is 11.5 Å². The number of nitrogens with one attached hydrogen (secondary N) is 1. The van der Waals surface area contributed by atoms with Crippen LogP contribution in [0.2, 0.25) is 5.02 Å². The van der Waals surface area contributed by atoms with E-state index in [1.54, 1.807) is 27.3 Å². The van der Waals surface area contributed by atoms with E-state index in [-0.39, 0.29) is 11.9 Å². The van der Waals surface area contributed by atoms with Crippen LogP contribution >= 0.6 is 11.6 Å². The van der Waals surface area contributed by atoms with Crippen molar-refractivity contribution in [3.63, 3.8) is 0 Å². The van der Waals surface area contributed by atoms with Crippen LogP contribution < -0.4 is 14.8 Å². The summed E-state index contributed by atoms with van der Waals surface area (Å²) in [6, 6.07) is 9.43. The number of rotatable bonds is 5. The van der Waals surface area contributed by atoms with E-state index < -0.39 is 0 Å². The fourth-order valence-electron chi connectivity index (χ4n) is 2.36. The fraction of sp³-hybridized carbons (Fsp3) is 0.250. The summed E-state index contributed by atoms with van der Waals surface area (Å²) < 4.78 is 24.4. The Morgan fingerprint density at radius 3 is 2.24 bits per heavy atom. The average molecular weight is 310 g/mol. The molecule has 112 valence electrons. The van der Waals surface area contributed by atoms with Crippen LogP contribution in [0.4, 0.5) is 4.39 Å². The van der Waals surface area contributed by atoms with E-state index in [1.165, 1.54) is 12.1 Å². The minimum atomic E-state index is -0.348. The Bertz CT molecular complexity index is 611. The molecule has 2 aromatic carbocycles. The maximum absolute atomic E-state index is 13.6. The summed E-state index contributed by atoms with van der Waals surface area (Å²) in [5.74, 6) is 0.951. The van der Waals surface area contributed by atoms with Gasteiger partial charge >= 0.3 is 0 Å². The summed E-state index contributed by atoms with van der Waals surface area (Å²) in [7, 11) is 4.94. The molecule has 0 radical (unpaired) electrons. The number of hydrogen-bond acceptors (Lipinski definition) is 3. The molecule has 0 saturated carbocycles. The first-order valence-corrected chi connectivity index (χ1v) is 6.83. The van der Waals surface area contributed by atoms with Crippen LogP contribution in [0.25, 0.3) is 0 Å². The summed E-state index contributed by atoms with van der Waals surface area (Å²) in [6.07, 6.45) is 0. The van der Waals surface area contributed by atoms with Gasteiger partial charge in [0.2, 0.25) is 0 Å². The van der Waals surface area contributed by atoms with Crippen LogP contribution in [0, 0.1) is 5.82 Å². The zero-order chi connectivity index (χ0) is 15.4. The Morgan fingerprint density at radius 2 is 1.71 bits per heavy atom. The van der Waals surface area contributed by atoms with Crippen LogP contribution in [-0.2, 0) is 0 Å². The fourth-order valence-corrected chi connectivity index (χ4v) is 2.58. The number of hydrogen-bond donors (Lipinski definition) is 1. The third-order valence-electron chi connectivity index (χ3n) is 3.31. The molecule has 2 aromatic rings. The molecule has 2 rings (SSSR count). The lowest BCUT2D eigenvalue weighted by Crippen LogP contribution is -2.20. The highest BCUT2D eigenvalue weighted by molar-refractivity contribution is 6.31. The normalized spacial score (nSPS) is 12.0. The van der Waals surface area contributed by atoms with E-state index in [0.29, 0.717) is 22.1 Å². The molecule has 0 aromatic heterocycles. The first-order chi connectivity index (χ1) is 10.1. The summed E-state index contributed by atoms with van der Waals surface area (Å²) in [5, 5.41) is 3.62. The van der Waals surface area contributed by atoms with Gasteiger partial charge in [0.15, 0.2) is 0 Å². The maximum Gasteiger partial charge on any atom is 0.127 e. The van der Waals surface area contributed by atoms with Gasteiger partial charge in [-0.3, -0.25) is 0 Å². The Morgan fingerprint density at radius 1 is 1.10 bits per heavy atom. The van der Waals surface area contributed by atoms with Crippen LogP contribution in [0.3, 0.4) is 0 Å². The molecule has 0 spiro atoms. The molecule has 0 saturated heterocycles. The van der Waals surface area contributed by atoms with Gasteiger partial charge in [-0.2, -0.15) is 0 Å². The van der Waals surface area contributed by atoms with Crippen molar-refractivity contribution in [2.75, 3.05) is 21.3 Å². The van der Waals surface area contributed by atoms with Crippen molar-refractivity contribution in [1.29, 1.82) is 0 Å². The van der Waals surface area contributed by atoms with E-state index in [4.69, 9.17) is 21.1 Å². The molecule has 3 nitrogen and oxygen atoms in total. The second kappa shape index (κ2) is 6.78. The van der Waals surface area contributed by atoms with Gasteiger partial charge in [0.25, 0.3) is 0 Å². The highest BCUT2D eigenvalue weighted by atomic mass is 35.5. The molecular weight excluding hydrogens is 293 g/mol. The van der Waals surface area contributed by atoms with Crippen LogP contribution in [0.15, 0.2) is 36.4 Å². The van der Waals surface area contributed by atoms with Gasteiger partial charge < -0.3 is 14.8 Å². The molecule has 0 aliphatic rings. The van der Waals surface area contributed by atoms with Gasteiger partial charge in [0.05, 0.1) is 25.8 Å². The van der Waals surface area contributed by atoms with Crippen molar-refractivity contribution < 1.29 is 13.9 Å². The van der Waals surface area contributed by atoms with Crippen LogP contribution in [-0.4, -0.2) is 21.3 Å². The maximum atomic E-state index is 13.6. The van der Waals surface area contributed by atoms with Gasteiger partial charge in [-0.05, 0) is 42.9 Å². The Labute approximate surface area is 128 Å². The van der Waals surface area contributed by atoms with E-state index >= 15 is 0 Å². The van der Waals surface area contributed by atoms with Crippen molar-refractivity contribution in [3.8, 4) is 11.5 Å². The van der Waals surface area contributed by atoms with Gasteiger partial charge in [-0.25, -0.2) is 4.39 Å². The quantitative estimate of drug-likeness (QED) is 0.911. The Balaban J connectivity index is 2.63. The molecule has 0 amide bonds. The molecule has 1 atom stereocenters. The highest BCUT2D eigenvalue weighted by Gasteiger charge is 2.23. The van der Waals surface area contributed by atoms with Gasteiger partial charge in [0, 0.05) is 5.02 Å². The average Bonchev–Trinajstić information content (AvgIpc) is 2.51. The largest absolute Gasteiger partial charge is 0.496 e. The number of ether oxygens (including phenoxy) is 2. The molecule has 0 aliphatic heterocycles. The topological polar surface area (TPSA) is 30.5 Å². The third-order valence-corrected chi connectivity index (χ3v) is 3.66. The minimum absolute atomic E-state index is 0.344. The molecule has 0 aliphatic carbocycles. The third kappa shape index (κ3) is 3.12. The summed E-state index contributed by atoms with van der Waals surface area (Å²) >= 11 is 6.22. The van der Waals surface area contributed by atoms with E-state index in [1.807, 2.05) is 18.2 Å². The lowest BCUT2D eigenvalue weighted by Gasteiger charge is -2.23. The van der Waals surface area contributed by atoms with E-state index in [0.717, 1.165) is 5.56 Å². The molecule has 21 heavy (non-hydrogen) atoms. The van der Waals surface area contributed by atoms with Crippen molar-refractivity contribution in [2.45, 2.75) is 6.04 Å². The SMILES string of the molecule is CNC(c1cc(F)ccc1Cl)c1c(OC)cccc1OC. The number of halogens is 2. The van der Waals surface area contributed by atoms with E-state index in [2.05, 4.69) is 5.32 Å². The monoisotopic (exact) mass is 309 g/mol. The number of benzene rings is 2. The van der Waals surface area contributed by atoms with Gasteiger partial charge in [0.1, 0.15) is 17.3 Å². The highest BCUT2D eigenvalue weighted by Crippen LogP contribution is 2.39. The zero-order valence-corrected chi connectivity index (χ0v) is 12.9. The zero-order valence-electron chi connectivity index (χ0n) is 12.1. The molecule has 1 unspecified atom stereocenters. The molecule has 0 heterocycles. The minimum Gasteiger partial charge on any atom is -0.496 e.